The molecule has 1 aromatic carbocycles. The molecule has 1 amide bonds. The van der Waals surface area contributed by atoms with E-state index in [0.29, 0.717) is 11.3 Å². The van der Waals surface area contributed by atoms with E-state index in [2.05, 4.69) is 5.32 Å². The lowest BCUT2D eigenvalue weighted by Gasteiger charge is -2.05. The summed E-state index contributed by atoms with van der Waals surface area (Å²) in [5, 5.41) is 19.1. The topological polar surface area (TPSA) is 73.1 Å². The van der Waals surface area contributed by atoms with Crippen LogP contribution in [0.4, 0.5) is 0 Å². The predicted molar refractivity (Wildman–Crippen MR) is 57.3 cm³/mol. The van der Waals surface area contributed by atoms with Gasteiger partial charge in [-0.3, -0.25) is 10.1 Å². The average Bonchev–Trinajstić information content (AvgIpc) is 2.27. The molecule has 0 fully saturated rings. The van der Waals surface area contributed by atoms with E-state index in [4.69, 9.17) is 10.4 Å². The maximum Gasteiger partial charge on any atom is 0.265 e. The molecule has 0 aromatic heterocycles. The normalized spacial score (nSPS) is 9.33. The molecule has 1 aromatic rings. The Bertz CT molecular complexity index is 387. The van der Waals surface area contributed by atoms with E-state index < -0.39 is 5.91 Å². The highest BCUT2D eigenvalue weighted by Crippen LogP contribution is 2.21. The fourth-order valence-corrected chi connectivity index (χ4v) is 1.86. The van der Waals surface area contributed by atoms with Crippen LogP contribution in [-0.4, -0.2) is 23.4 Å². The van der Waals surface area contributed by atoms with E-state index in [9.17, 15) is 4.79 Å². The molecule has 0 radical (unpaired) electrons. The minimum Gasteiger partial charge on any atom is -0.396 e. The van der Waals surface area contributed by atoms with Crippen LogP contribution in [0.1, 0.15) is 10.4 Å². The summed E-state index contributed by atoms with van der Waals surface area (Å²) in [7, 11) is 0. The van der Waals surface area contributed by atoms with E-state index in [1.165, 1.54) is 11.8 Å². The largest absolute Gasteiger partial charge is 0.396 e. The third-order valence-corrected chi connectivity index (χ3v) is 2.70. The molecule has 2 N–H and O–H groups in total. The second kappa shape index (κ2) is 6.06. The van der Waals surface area contributed by atoms with Gasteiger partial charge in [-0.25, -0.2) is 0 Å². The van der Waals surface area contributed by atoms with Crippen LogP contribution in [0.15, 0.2) is 29.2 Å². The number of hydrogen-bond acceptors (Lipinski definition) is 4. The Morgan fingerprint density at radius 1 is 1.53 bits per heavy atom. The number of carbonyl (C=O) groups excluding carboxylic acids is 1. The Hall–Kier alpha value is -1.51. The highest BCUT2D eigenvalue weighted by atomic mass is 32.2. The zero-order valence-corrected chi connectivity index (χ0v) is 8.75. The number of nitrogens with one attached hydrogen (secondary N) is 1. The second-order valence-corrected chi connectivity index (χ2v) is 3.77. The first-order chi connectivity index (χ1) is 7.29. The van der Waals surface area contributed by atoms with Crippen LogP contribution in [0, 0.1) is 11.5 Å². The standard InChI is InChI=1S/C10H10N2O2S/c11-7-12-10(14)8-3-1-2-4-9(8)15-6-5-13/h1-4,13H,5-6H2,(H,12,14). The molecule has 0 bridgehead atoms. The summed E-state index contributed by atoms with van der Waals surface area (Å²) in [4.78, 5) is 12.2. The Kier molecular flexibility index (Phi) is 4.68. The lowest BCUT2D eigenvalue weighted by molar-refractivity contribution is 0.0970. The fourth-order valence-electron chi connectivity index (χ4n) is 1.05. The number of hydrogen-bond donors (Lipinski definition) is 2. The Balaban J connectivity index is 2.86. The molecule has 1 rings (SSSR count). The van der Waals surface area contributed by atoms with E-state index in [-0.39, 0.29) is 6.61 Å². The first-order valence-corrected chi connectivity index (χ1v) is 5.30. The Morgan fingerprint density at radius 3 is 2.93 bits per heavy atom. The number of aliphatic hydroxyl groups is 1. The maximum absolute atomic E-state index is 11.4. The summed E-state index contributed by atoms with van der Waals surface area (Å²) >= 11 is 1.38. The zero-order valence-electron chi connectivity index (χ0n) is 7.93. The van der Waals surface area contributed by atoms with Crippen molar-refractivity contribution >= 4 is 17.7 Å². The van der Waals surface area contributed by atoms with Gasteiger partial charge in [-0.2, -0.15) is 5.26 Å². The van der Waals surface area contributed by atoms with Crippen LogP contribution >= 0.6 is 11.8 Å². The molecule has 0 saturated heterocycles. The number of carbonyl (C=O) groups is 1. The van der Waals surface area contributed by atoms with Crippen LogP contribution in [0.25, 0.3) is 0 Å². The van der Waals surface area contributed by atoms with Gasteiger partial charge in [-0.05, 0) is 12.1 Å². The SMILES string of the molecule is N#CNC(=O)c1ccccc1SCCO. The molecule has 0 saturated carbocycles. The molecular weight excluding hydrogens is 212 g/mol. The van der Waals surface area contributed by atoms with E-state index in [1.807, 2.05) is 6.07 Å². The summed E-state index contributed by atoms with van der Waals surface area (Å²) in [6, 6.07) is 6.97. The van der Waals surface area contributed by atoms with Crippen LogP contribution < -0.4 is 5.32 Å². The molecule has 5 heteroatoms. The minimum absolute atomic E-state index is 0.0544. The Morgan fingerprint density at radius 2 is 2.27 bits per heavy atom. The van der Waals surface area contributed by atoms with Gasteiger partial charge in [0.15, 0.2) is 6.19 Å². The summed E-state index contributed by atoms with van der Waals surface area (Å²) < 4.78 is 0. The molecule has 4 nitrogen and oxygen atoms in total. The predicted octanol–water partition coefficient (Wildman–Crippen LogP) is 0.982. The molecule has 15 heavy (non-hydrogen) atoms. The van der Waals surface area contributed by atoms with E-state index >= 15 is 0 Å². The van der Waals surface area contributed by atoms with Gasteiger partial charge in [0.25, 0.3) is 5.91 Å². The third-order valence-electron chi connectivity index (χ3n) is 1.65. The van der Waals surface area contributed by atoms with Crippen LogP contribution in [-0.2, 0) is 0 Å². The average molecular weight is 222 g/mol. The number of rotatable bonds is 4. The quantitative estimate of drug-likeness (QED) is 0.452. The van der Waals surface area contributed by atoms with Crippen molar-refractivity contribution in [1.29, 1.82) is 5.26 Å². The van der Waals surface area contributed by atoms with E-state index in [0.717, 1.165) is 4.90 Å². The van der Waals surface area contributed by atoms with Crippen molar-refractivity contribution in [2.24, 2.45) is 0 Å². The van der Waals surface area contributed by atoms with Crippen molar-refractivity contribution in [3.8, 4) is 6.19 Å². The van der Waals surface area contributed by atoms with Gasteiger partial charge in [0.2, 0.25) is 0 Å². The fraction of sp³-hybridized carbons (Fsp3) is 0.200. The van der Waals surface area contributed by atoms with Gasteiger partial charge in [0, 0.05) is 10.6 Å². The minimum atomic E-state index is -0.418. The third kappa shape index (κ3) is 3.27. The highest BCUT2D eigenvalue weighted by Gasteiger charge is 2.09. The molecule has 0 aliphatic heterocycles. The summed E-state index contributed by atoms with van der Waals surface area (Å²) in [5.41, 5.74) is 0.456. The number of nitrogens with zero attached hydrogens (tertiary/aromatic N) is 1. The van der Waals surface area contributed by atoms with Crippen molar-refractivity contribution in [2.45, 2.75) is 4.90 Å². The van der Waals surface area contributed by atoms with Crippen molar-refractivity contribution in [2.75, 3.05) is 12.4 Å². The number of benzene rings is 1. The first-order valence-electron chi connectivity index (χ1n) is 4.31. The summed E-state index contributed by atoms with van der Waals surface area (Å²) in [5.74, 6) is 0.107. The van der Waals surface area contributed by atoms with Gasteiger partial charge in [-0.1, -0.05) is 12.1 Å². The smallest absolute Gasteiger partial charge is 0.265 e. The van der Waals surface area contributed by atoms with Crippen LogP contribution in [0.5, 0.6) is 0 Å². The van der Waals surface area contributed by atoms with Crippen LogP contribution in [0.3, 0.4) is 0 Å². The number of amides is 1. The van der Waals surface area contributed by atoms with Gasteiger partial charge >= 0.3 is 0 Å². The molecule has 78 valence electrons. The molecule has 0 atom stereocenters. The monoisotopic (exact) mass is 222 g/mol. The van der Waals surface area contributed by atoms with Crippen molar-refractivity contribution < 1.29 is 9.90 Å². The maximum atomic E-state index is 11.4. The molecular formula is C10H10N2O2S. The molecule has 0 heterocycles. The summed E-state index contributed by atoms with van der Waals surface area (Å²) in [6.07, 6.45) is 1.59. The molecule has 0 aliphatic rings. The Labute approximate surface area is 91.9 Å². The number of aliphatic hydroxyl groups excluding tert-OH is 1. The van der Waals surface area contributed by atoms with Gasteiger partial charge in [0.05, 0.1) is 12.2 Å². The molecule has 0 spiro atoms. The molecule has 0 unspecified atom stereocenters. The lowest BCUT2D eigenvalue weighted by atomic mass is 10.2. The van der Waals surface area contributed by atoms with Crippen LogP contribution in [0.2, 0.25) is 0 Å². The van der Waals surface area contributed by atoms with Gasteiger partial charge in [-0.15, -0.1) is 11.8 Å². The van der Waals surface area contributed by atoms with Gasteiger partial charge < -0.3 is 5.11 Å². The highest BCUT2D eigenvalue weighted by molar-refractivity contribution is 7.99. The van der Waals surface area contributed by atoms with Crippen molar-refractivity contribution in [3.63, 3.8) is 0 Å². The van der Waals surface area contributed by atoms with Gasteiger partial charge in [0.1, 0.15) is 0 Å². The number of thioether (sulfide) groups is 1. The second-order valence-electron chi connectivity index (χ2n) is 2.63. The zero-order chi connectivity index (χ0) is 11.1. The van der Waals surface area contributed by atoms with Crippen molar-refractivity contribution in [1.82, 2.24) is 5.32 Å². The lowest BCUT2D eigenvalue weighted by Crippen LogP contribution is -2.18. The number of nitriles is 1. The van der Waals surface area contributed by atoms with E-state index in [1.54, 1.807) is 24.4 Å². The summed E-state index contributed by atoms with van der Waals surface area (Å²) in [6.45, 7) is 0.0544. The first kappa shape index (κ1) is 11.6. The van der Waals surface area contributed by atoms with Crippen molar-refractivity contribution in [3.05, 3.63) is 29.8 Å². The molecule has 0 aliphatic carbocycles.